The number of thioether (sulfide) groups is 1. The number of methoxy groups -OCH3 is 1. The number of carbonyl (C=O) groups excluding carboxylic acids is 2. The third-order valence-electron chi connectivity index (χ3n) is 5.06. The first-order valence-electron chi connectivity index (χ1n) is 10.6. The lowest BCUT2D eigenvalue weighted by atomic mass is 10.1. The zero-order valence-corrected chi connectivity index (χ0v) is 21.1. The quantitative estimate of drug-likeness (QED) is 0.288. The SMILES string of the molecule is COc1cc(/C=C2\SC(=O)N(CCOc3ccc(F)cc3)C2=O)ccc1OCc1ccc(Br)cc1. The number of amides is 2. The largest absolute Gasteiger partial charge is 0.493 e. The Kier molecular flexibility index (Phi) is 8.09. The van der Waals surface area contributed by atoms with Crippen LogP contribution in [0.15, 0.2) is 76.1 Å². The maximum atomic E-state index is 13.0. The molecule has 35 heavy (non-hydrogen) atoms. The smallest absolute Gasteiger partial charge is 0.293 e. The van der Waals surface area contributed by atoms with E-state index in [0.29, 0.717) is 34.3 Å². The summed E-state index contributed by atoms with van der Waals surface area (Å²) in [7, 11) is 1.54. The topological polar surface area (TPSA) is 65.1 Å². The average molecular weight is 558 g/mol. The zero-order valence-electron chi connectivity index (χ0n) is 18.7. The highest BCUT2D eigenvalue weighted by molar-refractivity contribution is 9.10. The van der Waals surface area contributed by atoms with Gasteiger partial charge in [-0.2, -0.15) is 0 Å². The van der Waals surface area contributed by atoms with Crippen LogP contribution in [-0.4, -0.2) is 36.3 Å². The molecule has 3 aromatic carbocycles. The molecule has 180 valence electrons. The third kappa shape index (κ3) is 6.43. The minimum Gasteiger partial charge on any atom is -0.493 e. The molecule has 1 saturated heterocycles. The van der Waals surface area contributed by atoms with Gasteiger partial charge in [-0.05, 0) is 77.5 Å². The van der Waals surface area contributed by atoms with Crippen molar-refractivity contribution in [1.29, 1.82) is 0 Å². The van der Waals surface area contributed by atoms with E-state index in [9.17, 15) is 14.0 Å². The lowest BCUT2D eigenvalue weighted by Gasteiger charge is -2.13. The Labute approximate surface area is 214 Å². The van der Waals surface area contributed by atoms with E-state index in [0.717, 1.165) is 26.7 Å². The van der Waals surface area contributed by atoms with Crippen LogP contribution in [0.2, 0.25) is 0 Å². The Hall–Kier alpha value is -3.30. The number of benzene rings is 3. The second kappa shape index (κ2) is 11.4. The molecule has 1 fully saturated rings. The van der Waals surface area contributed by atoms with Crippen LogP contribution in [0, 0.1) is 5.82 Å². The number of carbonyl (C=O) groups is 2. The molecule has 0 aliphatic carbocycles. The molecule has 0 atom stereocenters. The van der Waals surface area contributed by atoms with Gasteiger partial charge in [0.2, 0.25) is 0 Å². The summed E-state index contributed by atoms with van der Waals surface area (Å²) in [4.78, 5) is 26.6. The molecule has 0 spiro atoms. The maximum Gasteiger partial charge on any atom is 0.293 e. The number of hydrogen-bond acceptors (Lipinski definition) is 6. The van der Waals surface area contributed by atoms with Gasteiger partial charge < -0.3 is 14.2 Å². The Morgan fingerprint density at radius 3 is 2.43 bits per heavy atom. The minimum atomic E-state index is -0.391. The number of halogens is 2. The van der Waals surface area contributed by atoms with Crippen molar-refractivity contribution in [3.63, 3.8) is 0 Å². The molecule has 0 unspecified atom stereocenters. The van der Waals surface area contributed by atoms with Crippen molar-refractivity contribution in [2.45, 2.75) is 6.61 Å². The van der Waals surface area contributed by atoms with Crippen molar-refractivity contribution in [2.75, 3.05) is 20.3 Å². The lowest BCUT2D eigenvalue weighted by Crippen LogP contribution is -2.32. The normalized spacial score (nSPS) is 14.5. The summed E-state index contributed by atoms with van der Waals surface area (Å²) >= 11 is 4.28. The highest BCUT2D eigenvalue weighted by Crippen LogP contribution is 2.34. The van der Waals surface area contributed by atoms with Gasteiger partial charge in [0.25, 0.3) is 11.1 Å². The van der Waals surface area contributed by atoms with Crippen molar-refractivity contribution in [3.05, 3.63) is 93.1 Å². The molecule has 0 saturated carbocycles. The predicted molar refractivity (Wildman–Crippen MR) is 136 cm³/mol. The summed E-state index contributed by atoms with van der Waals surface area (Å²) in [6.07, 6.45) is 1.65. The maximum absolute atomic E-state index is 13.0. The molecule has 0 N–H and O–H groups in total. The average Bonchev–Trinajstić information content (AvgIpc) is 3.12. The van der Waals surface area contributed by atoms with E-state index >= 15 is 0 Å². The standard InChI is InChI=1S/C26H21BrFNO5S/c1-32-23-14-18(4-11-22(23)34-16-17-2-5-19(27)6-3-17)15-24-25(30)29(26(31)35-24)12-13-33-21-9-7-20(28)8-10-21/h2-11,14-15H,12-13,16H2,1H3/b24-15-. The summed E-state index contributed by atoms with van der Waals surface area (Å²) in [5.41, 5.74) is 1.71. The Morgan fingerprint density at radius 1 is 0.971 bits per heavy atom. The van der Waals surface area contributed by atoms with Crippen molar-refractivity contribution in [3.8, 4) is 17.2 Å². The van der Waals surface area contributed by atoms with E-state index in [1.165, 1.54) is 24.3 Å². The molecule has 2 amide bonds. The second-order valence-electron chi connectivity index (χ2n) is 7.46. The fourth-order valence-corrected chi connectivity index (χ4v) is 4.39. The summed E-state index contributed by atoms with van der Waals surface area (Å²) in [5.74, 6) is 0.788. The number of hydrogen-bond donors (Lipinski definition) is 0. The Balaban J connectivity index is 1.38. The van der Waals surface area contributed by atoms with Gasteiger partial charge in [0, 0.05) is 4.47 Å². The van der Waals surface area contributed by atoms with Gasteiger partial charge in [-0.15, -0.1) is 0 Å². The van der Waals surface area contributed by atoms with Crippen LogP contribution >= 0.6 is 27.7 Å². The van der Waals surface area contributed by atoms with Crippen LogP contribution in [0.1, 0.15) is 11.1 Å². The van der Waals surface area contributed by atoms with Crippen LogP contribution in [0.3, 0.4) is 0 Å². The van der Waals surface area contributed by atoms with Crippen LogP contribution in [0.25, 0.3) is 6.08 Å². The van der Waals surface area contributed by atoms with Crippen molar-refractivity contribution < 1.29 is 28.2 Å². The van der Waals surface area contributed by atoms with E-state index in [-0.39, 0.29) is 24.2 Å². The molecule has 3 aromatic rings. The molecule has 0 bridgehead atoms. The van der Waals surface area contributed by atoms with Gasteiger partial charge in [-0.25, -0.2) is 4.39 Å². The molecule has 1 aliphatic rings. The first-order valence-corrected chi connectivity index (χ1v) is 12.2. The van der Waals surface area contributed by atoms with E-state index in [4.69, 9.17) is 14.2 Å². The van der Waals surface area contributed by atoms with Crippen molar-refractivity contribution in [2.24, 2.45) is 0 Å². The van der Waals surface area contributed by atoms with Crippen LogP contribution in [-0.2, 0) is 11.4 Å². The van der Waals surface area contributed by atoms with Crippen LogP contribution in [0.4, 0.5) is 9.18 Å². The van der Waals surface area contributed by atoms with Gasteiger partial charge in [0.15, 0.2) is 11.5 Å². The van der Waals surface area contributed by atoms with Crippen molar-refractivity contribution in [1.82, 2.24) is 4.90 Å². The Morgan fingerprint density at radius 2 is 1.71 bits per heavy atom. The fourth-order valence-electron chi connectivity index (χ4n) is 3.26. The van der Waals surface area contributed by atoms with E-state index < -0.39 is 5.91 Å². The molecule has 9 heteroatoms. The molecule has 0 aromatic heterocycles. The van der Waals surface area contributed by atoms with E-state index in [1.54, 1.807) is 31.4 Å². The van der Waals surface area contributed by atoms with Crippen molar-refractivity contribution >= 4 is 44.9 Å². The monoisotopic (exact) mass is 557 g/mol. The summed E-state index contributed by atoms with van der Waals surface area (Å²) in [5, 5.41) is -0.370. The molecule has 4 rings (SSSR count). The lowest BCUT2D eigenvalue weighted by molar-refractivity contribution is -0.123. The first-order chi connectivity index (χ1) is 16.9. The van der Waals surface area contributed by atoms with Gasteiger partial charge in [0.1, 0.15) is 24.8 Å². The zero-order chi connectivity index (χ0) is 24.8. The first kappa shape index (κ1) is 24.8. The predicted octanol–water partition coefficient (Wildman–Crippen LogP) is 6.29. The molecular weight excluding hydrogens is 537 g/mol. The molecule has 1 heterocycles. The third-order valence-corrected chi connectivity index (χ3v) is 6.50. The fraction of sp³-hybridized carbons (Fsp3) is 0.154. The van der Waals surface area contributed by atoms with Crippen LogP contribution in [0.5, 0.6) is 17.2 Å². The molecule has 1 aliphatic heterocycles. The number of imide groups is 1. The van der Waals surface area contributed by atoms with E-state index in [2.05, 4.69) is 15.9 Å². The van der Waals surface area contributed by atoms with Gasteiger partial charge in [-0.3, -0.25) is 14.5 Å². The highest BCUT2D eigenvalue weighted by atomic mass is 79.9. The molecular formula is C26H21BrFNO5S. The summed E-state index contributed by atoms with van der Waals surface area (Å²) < 4.78 is 30.8. The highest BCUT2D eigenvalue weighted by Gasteiger charge is 2.34. The summed E-state index contributed by atoms with van der Waals surface area (Å²) in [6.45, 7) is 0.572. The van der Waals surface area contributed by atoms with Gasteiger partial charge >= 0.3 is 0 Å². The van der Waals surface area contributed by atoms with Gasteiger partial charge in [-0.1, -0.05) is 34.1 Å². The van der Waals surface area contributed by atoms with Crippen LogP contribution < -0.4 is 14.2 Å². The van der Waals surface area contributed by atoms with Gasteiger partial charge in [0.05, 0.1) is 18.6 Å². The second-order valence-corrected chi connectivity index (χ2v) is 9.37. The minimum absolute atomic E-state index is 0.0888. The Bertz CT molecular complexity index is 1250. The molecule has 0 radical (unpaired) electrons. The number of ether oxygens (including phenoxy) is 3. The summed E-state index contributed by atoms with van der Waals surface area (Å²) in [6, 6.07) is 18.7. The number of nitrogens with zero attached hydrogens (tertiary/aromatic N) is 1. The number of rotatable bonds is 9. The van der Waals surface area contributed by atoms with E-state index in [1.807, 2.05) is 24.3 Å². The molecule has 6 nitrogen and oxygen atoms in total.